The first-order valence-corrected chi connectivity index (χ1v) is 7.02. The predicted octanol–water partition coefficient (Wildman–Crippen LogP) is 3.75. The lowest BCUT2D eigenvalue weighted by atomic mass is 10.1. The highest BCUT2D eigenvalue weighted by atomic mass is 35.5. The van der Waals surface area contributed by atoms with Crippen molar-refractivity contribution in [1.29, 1.82) is 0 Å². The van der Waals surface area contributed by atoms with Crippen LogP contribution in [0.1, 0.15) is 43.6 Å². The van der Waals surface area contributed by atoms with Crippen LogP contribution in [-0.4, -0.2) is 12.1 Å². The maximum Gasteiger partial charge on any atom is 0.107 e. The molecule has 2 nitrogen and oxygen atoms in total. The van der Waals surface area contributed by atoms with Gasteiger partial charge < -0.3 is 10.5 Å². The van der Waals surface area contributed by atoms with E-state index in [4.69, 9.17) is 22.1 Å². The molecule has 0 saturated heterocycles. The highest BCUT2D eigenvalue weighted by Crippen LogP contribution is 2.34. The predicted molar refractivity (Wildman–Crippen MR) is 69.1 cm³/mol. The Bertz CT molecular complexity index is 334. The lowest BCUT2D eigenvalue weighted by Gasteiger charge is -2.24. The fourth-order valence-corrected chi connectivity index (χ4v) is 3.38. The van der Waals surface area contributed by atoms with Gasteiger partial charge in [-0.2, -0.15) is 0 Å². The first kappa shape index (κ1) is 12.4. The second-order valence-corrected chi connectivity index (χ2v) is 6.21. The van der Waals surface area contributed by atoms with Crippen LogP contribution >= 0.6 is 22.9 Å². The molecule has 0 aromatic carbocycles. The number of thiophene rings is 1. The van der Waals surface area contributed by atoms with Crippen LogP contribution in [0.25, 0.3) is 0 Å². The third-order valence-corrected chi connectivity index (χ3v) is 4.29. The van der Waals surface area contributed by atoms with Gasteiger partial charge in [0.15, 0.2) is 0 Å². The van der Waals surface area contributed by atoms with Gasteiger partial charge in [-0.1, -0.05) is 24.4 Å². The van der Waals surface area contributed by atoms with Crippen LogP contribution in [-0.2, 0) is 4.74 Å². The highest BCUT2D eigenvalue weighted by molar-refractivity contribution is 7.16. The second-order valence-electron chi connectivity index (χ2n) is 4.46. The minimum atomic E-state index is 0.000556. The molecular weight excluding hydrogens is 242 g/mol. The zero-order valence-electron chi connectivity index (χ0n) is 9.49. The summed E-state index contributed by atoms with van der Waals surface area (Å²) in [5, 5.41) is 0. The second kappa shape index (κ2) is 5.50. The minimum absolute atomic E-state index is 0.000556. The van der Waals surface area contributed by atoms with E-state index in [1.165, 1.54) is 25.7 Å². The number of ether oxygens (including phenoxy) is 1. The third-order valence-electron chi connectivity index (χ3n) is 2.99. The van der Waals surface area contributed by atoms with E-state index in [9.17, 15) is 0 Å². The van der Waals surface area contributed by atoms with Crippen molar-refractivity contribution in [3.63, 3.8) is 0 Å². The Hall–Kier alpha value is -0.0900. The molecule has 1 saturated carbocycles. The van der Waals surface area contributed by atoms with E-state index < -0.39 is 0 Å². The summed E-state index contributed by atoms with van der Waals surface area (Å²) in [7, 11) is 0. The van der Waals surface area contributed by atoms with Gasteiger partial charge in [0.2, 0.25) is 0 Å². The molecule has 2 rings (SSSR count). The summed E-state index contributed by atoms with van der Waals surface area (Å²) in [6, 6.07) is 3.94. The van der Waals surface area contributed by atoms with Gasteiger partial charge in [0.25, 0.3) is 0 Å². The molecule has 0 aliphatic heterocycles. The van der Waals surface area contributed by atoms with Gasteiger partial charge >= 0.3 is 0 Å². The van der Waals surface area contributed by atoms with Gasteiger partial charge in [0, 0.05) is 10.9 Å². The van der Waals surface area contributed by atoms with Gasteiger partial charge in [0.05, 0.1) is 10.4 Å². The quantitative estimate of drug-likeness (QED) is 0.894. The Balaban J connectivity index is 2.04. The zero-order chi connectivity index (χ0) is 11.5. The largest absolute Gasteiger partial charge is 0.368 e. The first-order chi connectivity index (χ1) is 7.66. The molecule has 1 fully saturated rings. The molecule has 2 N–H and O–H groups in total. The summed E-state index contributed by atoms with van der Waals surface area (Å²) in [6.45, 7) is 1.99. The summed E-state index contributed by atoms with van der Waals surface area (Å²) >= 11 is 7.52. The van der Waals surface area contributed by atoms with Crippen LogP contribution in [0.3, 0.4) is 0 Å². The van der Waals surface area contributed by atoms with E-state index in [1.807, 2.05) is 19.1 Å². The van der Waals surface area contributed by atoms with Crippen LogP contribution in [0.4, 0.5) is 0 Å². The van der Waals surface area contributed by atoms with Crippen LogP contribution in [0.2, 0.25) is 4.34 Å². The fraction of sp³-hybridized carbons (Fsp3) is 0.667. The number of nitrogens with two attached hydrogens (primary N) is 1. The molecule has 2 atom stereocenters. The SMILES string of the molecule is CC(N)C(OC1CCCC1)c1ccc(Cl)s1. The maximum atomic E-state index is 6.10. The molecule has 1 aromatic rings. The maximum absolute atomic E-state index is 6.10. The van der Waals surface area contributed by atoms with Crippen LogP contribution < -0.4 is 5.73 Å². The summed E-state index contributed by atoms with van der Waals surface area (Å²) in [4.78, 5) is 1.15. The minimum Gasteiger partial charge on any atom is -0.368 e. The highest BCUT2D eigenvalue weighted by Gasteiger charge is 2.25. The molecule has 1 aliphatic rings. The van der Waals surface area contributed by atoms with Crippen molar-refractivity contribution in [2.45, 2.75) is 50.9 Å². The van der Waals surface area contributed by atoms with E-state index >= 15 is 0 Å². The Morgan fingerprint density at radius 1 is 1.44 bits per heavy atom. The molecule has 1 aliphatic carbocycles. The number of hydrogen-bond donors (Lipinski definition) is 1. The fourth-order valence-electron chi connectivity index (χ4n) is 2.16. The molecule has 0 spiro atoms. The monoisotopic (exact) mass is 259 g/mol. The van der Waals surface area contributed by atoms with Crippen LogP contribution in [0, 0.1) is 0 Å². The van der Waals surface area contributed by atoms with Crippen molar-refractivity contribution >= 4 is 22.9 Å². The van der Waals surface area contributed by atoms with Gasteiger partial charge in [-0.25, -0.2) is 0 Å². The average Bonchev–Trinajstić information content (AvgIpc) is 2.84. The van der Waals surface area contributed by atoms with Gasteiger partial charge in [0.1, 0.15) is 6.10 Å². The molecule has 90 valence electrons. The lowest BCUT2D eigenvalue weighted by molar-refractivity contribution is -0.0182. The Kier molecular flexibility index (Phi) is 4.25. The lowest BCUT2D eigenvalue weighted by Crippen LogP contribution is -2.29. The van der Waals surface area contributed by atoms with Gasteiger partial charge in [-0.15, -0.1) is 11.3 Å². The molecule has 0 bridgehead atoms. The molecule has 2 unspecified atom stereocenters. The van der Waals surface area contributed by atoms with Gasteiger partial charge in [-0.3, -0.25) is 0 Å². The van der Waals surface area contributed by atoms with Crippen molar-refractivity contribution in [1.82, 2.24) is 0 Å². The van der Waals surface area contributed by atoms with E-state index in [0.29, 0.717) is 6.10 Å². The molecule has 0 amide bonds. The molecule has 16 heavy (non-hydrogen) atoms. The van der Waals surface area contributed by atoms with E-state index in [-0.39, 0.29) is 12.1 Å². The number of rotatable bonds is 4. The molecule has 4 heteroatoms. The van der Waals surface area contributed by atoms with E-state index in [1.54, 1.807) is 11.3 Å². The number of halogens is 1. The first-order valence-electron chi connectivity index (χ1n) is 5.83. The standard InChI is InChI=1S/C12H18ClNOS/c1-8(14)12(10-6-7-11(13)16-10)15-9-4-2-3-5-9/h6-9,12H,2-5,14H2,1H3. The third kappa shape index (κ3) is 2.98. The summed E-state index contributed by atoms with van der Waals surface area (Å²) in [6.07, 6.45) is 5.28. The average molecular weight is 260 g/mol. The molecule has 0 radical (unpaired) electrons. The smallest absolute Gasteiger partial charge is 0.107 e. The number of hydrogen-bond acceptors (Lipinski definition) is 3. The Morgan fingerprint density at radius 2 is 2.12 bits per heavy atom. The van der Waals surface area contributed by atoms with E-state index in [2.05, 4.69) is 0 Å². The van der Waals surface area contributed by atoms with Gasteiger partial charge in [-0.05, 0) is 31.9 Å². The van der Waals surface area contributed by atoms with Crippen LogP contribution in [0.15, 0.2) is 12.1 Å². The normalized spacial score (nSPS) is 21.2. The van der Waals surface area contributed by atoms with Crippen molar-refractivity contribution in [3.05, 3.63) is 21.3 Å². The van der Waals surface area contributed by atoms with Crippen LogP contribution in [0.5, 0.6) is 0 Å². The summed E-state index contributed by atoms with van der Waals surface area (Å²) in [5.41, 5.74) is 5.99. The summed E-state index contributed by atoms with van der Waals surface area (Å²) in [5.74, 6) is 0. The molecular formula is C12H18ClNOS. The Labute approximate surface area is 106 Å². The Morgan fingerprint density at radius 3 is 2.62 bits per heavy atom. The van der Waals surface area contributed by atoms with Crippen molar-refractivity contribution in [3.8, 4) is 0 Å². The van der Waals surface area contributed by atoms with Crippen molar-refractivity contribution in [2.75, 3.05) is 0 Å². The zero-order valence-corrected chi connectivity index (χ0v) is 11.1. The molecule has 1 aromatic heterocycles. The van der Waals surface area contributed by atoms with Crippen molar-refractivity contribution < 1.29 is 4.74 Å². The molecule has 1 heterocycles. The summed E-state index contributed by atoms with van der Waals surface area (Å²) < 4.78 is 6.90. The topological polar surface area (TPSA) is 35.2 Å². The van der Waals surface area contributed by atoms with Crippen molar-refractivity contribution in [2.24, 2.45) is 5.73 Å². The van der Waals surface area contributed by atoms with E-state index in [0.717, 1.165) is 9.21 Å².